The summed E-state index contributed by atoms with van der Waals surface area (Å²) in [6.45, 7) is 5.02. The van der Waals surface area contributed by atoms with E-state index in [9.17, 15) is 13.2 Å². The van der Waals surface area contributed by atoms with Gasteiger partial charge >= 0.3 is 0 Å². The van der Waals surface area contributed by atoms with Gasteiger partial charge in [-0.3, -0.25) is 4.79 Å². The van der Waals surface area contributed by atoms with Crippen LogP contribution in [0.3, 0.4) is 0 Å². The highest BCUT2D eigenvalue weighted by molar-refractivity contribution is 7.86. The second kappa shape index (κ2) is 6.62. The zero-order valence-electron chi connectivity index (χ0n) is 13.0. The molecular formula is C14H27N3O3S. The van der Waals surface area contributed by atoms with Crippen LogP contribution in [0.4, 0.5) is 0 Å². The molecule has 2 atom stereocenters. The molecule has 122 valence electrons. The van der Waals surface area contributed by atoms with Crippen molar-refractivity contribution in [2.45, 2.75) is 52.0 Å². The highest BCUT2D eigenvalue weighted by Gasteiger charge is 2.39. The van der Waals surface area contributed by atoms with Crippen LogP contribution in [0.2, 0.25) is 0 Å². The van der Waals surface area contributed by atoms with Crippen LogP contribution in [0, 0.1) is 11.8 Å². The number of nitrogens with two attached hydrogens (primary N) is 1. The van der Waals surface area contributed by atoms with Gasteiger partial charge in [0.2, 0.25) is 5.91 Å². The molecule has 0 aromatic rings. The number of hydrogen-bond donors (Lipinski definition) is 1. The summed E-state index contributed by atoms with van der Waals surface area (Å²) in [6, 6.07) is -0.0740. The van der Waals surface area contributed by atoms with E-state index >= 15 is 0 Å². The lowest BCUT2D eigenvalue weighted by molar-refractivity contribution is -0.118. The summed E-state index contributed by atoms with van der Waals surface area (Å²) in [7, 11) is -3.60. The standard InChI is InChI=1S/C14H27N3O3S/c1-11-7-12(2)9-16(8-11)21(19,20)17(10-14(15)18)13-5-3-4-6-13/h11-13H,3-10H2,1-2H3,(H2,15,18). The molecule has 1 aliphatic heterocycles. The summed E-state index contributed by atoms with van der Waals surface area (Å²) < 4.78 is 28.8. The van der Waals surface area contributed by atoms with Gasteiger partial charge in [0.25, 0.3) is 10.2 Å². The first-order valence-electron chi connectivity index (χ1n) is 7.86. The fraction of sp³-hybridized carbons (Fsp3) is 0.929. The molecule has 0 aromatic heterocycles. The third-order valence-electron chi connectivity index (χ3n) is 4.50. The van der Waals surface area contributed by atoms with Gasteiger partial charge in [-0.25, -0.2) is 0 Å². The van der Waals surface area contributed by atoms with Gasteiger partial charge < -0.3 is 5.73 Å². The van der Waals surface area contributed by atoms with Crippen LogP contribution in [-0.2, 0) is 15.0 Å². The lowest BCUT2D eigenvalue weighted by Crippen LogP contribution is -2.54. The predicted octanol–water partition coefficient (Wildman–Crippen LogP) is 0.939. The van der Waals surface area contributed by atoms with Crippen LogP contribution in [-0.4, -0.2) is 48.6 Å². The van der Waals surface area contributed by atoms with E-state index in [1.807, 2.05) is 0 Å². The minimum absolute atomic E-state index is 0.0740. The van der Waals surface area contributed by atoms with Gasteiger partial charge in [-0.2, -0.15) is 17.0 Å². The van der Waals surface area contributed by atoms with Crippen molar-refractivity contribution in [2.75, 3.05) is 19.6 Å². The zero-order valence-corrected chi connectivity index (χ0v) is 13.8. The summed E-state index contributed by atoms with van der Waals surface area (Å²) in [6.07, 6.45) is 4.73. The van der Waals surface area contributed by atoms with E-state index in [4.69, 9.17) is 5.73 Å². The second-order valence-corrected chi connectivity index (χ2v) is 8.60. The highest BCUT2D eigenvalue weighted by Crippen LogP contribution is 2.30. The molecule has 2 rings (SSSR count). The summed E-state index contributed by atoms with van der Waals surface area (Å²) >= 11 is 0. The van der Waals surface area contributed by atoms with Crippen molar-refractivity contribution in [3.63, 3.8) is 0 Å². The molecule has 1 saturated carbocycles. The van der Waals surface area contributed by atoms with Crippen molar-refractivity contribution in [3.8, 4) is 0 Å². The normalized spacial score (nSPS) is 29.1. The molecule has 0 aromatic carbocycles. The van der Waals surface area contributed by atoms with Crippen LogP contribution in [0.25, 0.3) is 0 Å². The number of amides is 1. The highest BCUT2D eigenvalue weighted by atomic mass is 32.2. The summed E-state index contributed by atoms with van der Waals surface area (Å²) in [5.74, 6) is 0.119. The predicted molar refractivity (Wildman–Crippen MR) is 81.6 cm³/mol. The smallest absolute Gasteiger partial charge is 0.282 e. The second-order valence-electron chi connectivity index (χ2n) is 6.72. The molecule has 1 heterocycles. The lowest BCUT2D eigenvalue weighted by atomic mass is 9.94. The SMILES string of the molecule is CC1CC(C)CN(S(=O)(=O)N(CC(N)=O)C2CCCC2)C1. The number of carbonyl (C=O) groups excluding carboxylic acids is 1. The van der Waals surface area contributed by atoms with E-state index in [2.05, 4.69) is 13.8 Å². The number of hydrogen-bond acceptors (Lipinski definition) is 3. The monoisotopic (exact) mass is 317 g/mol. The molecule has 7 heteroatoms. The molecule has 1 amide bonds. The molecule has 21 heavy (non-hydrogen) atoms. The van der Waals surface area contributed by atoms with Crippen molar-refractivity contribution in [1.29, 1.82) is 0 Å². The number of nitrogens with zero attached hydrogens (tertiary/aromatic N) is 2. The Morgan fingerprint density at radius 2 is 1.71 bits per heavy atom. The Kier molecular flexibility index (Phi) is 5.27. The maximum atomic E-state index is 12.9. The Hall–Kier alpha value is -0.660. The van der Waals surface area contributed by atoms with Crippen LogP contribution in [0.1, 0.15) is 46.0 Å². The van der Waals surface area contributed by atoms with E-state index in [1.54, 1.807) is 4.31 Å². The maximum absolute atomic E-state index is 12.9. The Bertz CT molecular complexity index is 464. The van der Waals surface area contributed by atoms with Crippen LogP contribution in [0.15, 0.2) is 0 Å². The van der Waals surface area contributed by atoms with Crippen LogP contribution < -0.4 is 5.73 Å². The van der Waals surface area contributed by atoms with Gasteiger partial charge in [0, 0.05) is 19.1 Å². The van der Waals surface area contributed by atoms with Crippen molar-refractivity contribution in [1.82, 2.24) is 8.61 Å². The van der Waals surface area contributed by atoms with E-state index in [1.165, 1.54) is 4.31 Å². The number of carbonyl (C=O) groups is 1. The first-order valence-corrected chi connectivity index (χ1v) is 9.25. The molecule has 6 nitrogen and oxygen atoms in total. The van der Waals surface area contributed by atoms with Gasteiger partial charge in [-0.05, 0) is 31.1 Å². The molecule has 2 fully saturated rings. The first-order chi connectivity index (χ1) is 9.80. The Balaban J connectivity index is 2.21. The Morgan fingerprint density at radius 1 is 1.19 bits per heavy atom. The average Bonchev–Trinajstić information content (AvgIpc) is 2.87. The summed E-state index contributed by atoms with van der Waals surface area (Å²) in [4.78, 5) is 11.3. The van der Waals surface area contributed by atoms with Gasteiger partial charge in [-0.1, -0.05) is 26.7 Å². The third-order valence-corrected chi connectivity index (χ3v) is 6.47. The van der Waals surface area contributed by atoms with Gasteiger partial charge in [0.1, 0.15) is 0 Å². The molecule has 1 saturated heterocycles. The molecular weight excluding hydrogens is 290 g/mol. The molecule has 0 spiro atoms. The van der Waals surface area contributed by atoms with Gasteiger partial charge in [0.15, 0.2) is 0 Å². The molecule has 0 radical (unpaired) electrons. The lowest BCUT2D eigenvalue weighted by Gasteiger charge is -2.38. The number of rotatable bonds is 5. The molecule has 2 aliphatic rings. The van der Waals surface area contributed by atoms with Gasteiger partial charge in [-0.15, -0.1) is 0 Å². The van der Waals surface area contributed by atoms with E-state index in [0.717, 1.165) is 32.1 Å². The number of primary amides is 1. The third kappa shape index (κ3) is 3.96. The average molecular weight is 317 g/mol. The maximum Gasteiger partial charge on any atom is 0.282 e. The molecule has 2 N–H and O–H groups in total. The van der Waals surface area contributed by atoms with Crippen molar-refractivity contribution in [2.24, 2.45) is 17.6 Å². The van der Waals surface area contributed by atoms with E-state index in [-0.39, 0.29) is 12.6 Å². The quantitative estimate of drug-likeness (QED) is 0.819. The summed E-state index contributed by atoms with van der Waals surface area (Å²) in [5.41, 5.74) is 5.28. The Labute approximate surface area is 127 Å². The largest absolute Gasteiger partial charge is 0.369 e. The van der Waals surface area contributed by atoms with E-state index in [0.29, 0.717) is 24.9 Å². The van der Waals surface area contributed by atoms with E-state index < -0.39 is 16.1 Å². The first kappa shape index (κ1) is 16.7. The fourth-order valence-electron chi connectivity index (χ4n) is 3.69. The topological polar surface area (TPSA) is 83.7 Å². The molecule has 2 unspecified atom stereocenters. The minimum atomic E-state index is -3.60. The van der Waals surface area contributed by atoms with Crippen molar-refractivity contribution >= 4 is 16.1 Å². The van der Waals surface area contributed by atoms with Crippen LogP contribution >= 0.6 is 0 Å². The number of piperidine rings is 1. The minimum Gasteiger partial charge on any atom is -0.369 e. The summed E-state index contributed by atoms with van der Waals surface area (Å²) in [5, 5.41) is 0. The van der Waals surface area contributed by atoms with Gasteiger partial charge in [0.05, 0.1) is 6.54 Å². The van der Waals surface area contributed by atoms with Crippen LogP contribution in [0.5, 0.6) is 0 Å². The van der Waals surface area contributed by atoms with Crippen molar-refractivity contribution < 1.29 is 13.2 Å². The molecule has 0 bridgehead atoms. The van der Waals surface area contributed by atoms with Crippen molar-refractivity contribution in [3.05, 3.63) is 0 Å². The fourth-order valence-corrected chi connectivity index (χ4v) is 5.75. The zero-order chi connectivity index (χ0) is 15.6. The Morgan fingerprint density at radius 3 is 2.19 bits per heavy atom. The molecule has 1 aliphatic carbocycles.